The number of aryl methyl sites for hydroxylation is 2. The van der Waals surface area contributed by atoms with Crippen LogP contribution in [0.4, 0.5) is 4.39 Å². The van der Waals surface area contributed by atoms with E-state index >= 15 is 0 Å². The van der Waals surface area contributed by atoms with Gasteiger partial charge in [0.1, 0.15) is 5.82 Å². The van der Waals surface area contributed by atoms with E-state index in [2.05, 4.69) is 13.0 Å². The highest BCUT2D eigenvalue weighted by Crippen LogP contribution is 2.32. The monoisotopic (exact) mass is 276 g/mol. The normalized spacial score (nSPS) is 12.5. The summed E-state index contributed by atoms with van der Waals surface area (Å²) in [6, 6.07) is 11.0. The van der Waals surface area contributed by atoms with E-state index in [1.165, 1.54) is 29.0 Å². The van der Waals surface area contributed by atoms with Crippen molar-refractivity contribution in [1.82, 2.24) is 0 Å². The van der Waals surface area contributed by atoms with Crippen molar-refractivity contribution in [2.45, 2.75) is 36.7 Å². The lowest BCUT2D eigenvalue weighted by atomic mass is 10.1. The van der Waals surface area contributed by atoms with Gasteiger partial charge in [-0.1, -0.05) is 23.9 Å². The number of halogens is 1. The minimum atomic E-state index is -0.643. The molecule has 0 heterocycles. The molecule has 0 spiro atoms. The van der Waals surface area contributed by atoms with Crippen LogP contribution in [0.5, 0.6) is 0 Å². The Kier molecular flexibility index (Phi) is 4.27. The van der Waals surface area contributed by atoms with Crippen LogP contribution in [0.3, 0.4) is 0 Å². The molecule has 0 radical (unpaired) electrons. The number of hydrogen-bond acceptors (Lipinski definition) is 2. The Bertz CT molecular complexity index is 593. The maximum absolute atomic E-state index is 13.9. The Balaban J connectivity index is 2.25. The van der Waals surface area contributed by atoms with E-state index in [1.807, 2.05) is 19.1 Å². The molecule has 0 aliphatic heterocycles. The van der Waals surface area contributed by atoms with Crippen molar-refractivity contribution in [3.8, 4) is 0 Å². The summed E-state index contributed by atoms with van der Waals surface area (Å²) in [5.41, 5.74) is 3.03. The molecular formula is C16H17FOS. The van der Waals surface area contributed by atoms with Gasteiger partial charge >= 0.3 is 0 Å². The molecule has 0 bridgehead atoms. The first-order chi connectivity index (χ1) is 8.97. The van der Waals surface area contributed by atoms with Crippen LogP contribution in [-0.2, 0) is 0 Å². The zero-order valence-corrected chi connectivity index (χ0v) is 12.1. The smallest absolute Gasteiger partial charge is 0.137 e. The lowest BCUT2D eigenvalue weighted by molar-refractivity contribution is 0.198. The summed E-state index contributed by atoms with van der Waals surface area (Å²) in [5, 5.41) is 9.42. The van der Waals surface area contributed by atoms with Crippen LogP contribution >= 0.6 is 11.8 Å². The van der Waals surface area contributed by atoms with Crippen molar-refractivity contribution < 1.29 is 9.50 Å². The third-order valence-corrected chi connectivity index (χ3v) is 4.19. The van der Waals surface area contributed by atoms with Crippen LogP contribution in [0.1, 0.15) is 29.7 Å². The van der Waals surface area contributed by atoms with Gasteiger partial charge in [-0.15, -0.1) is 0 Å². The topological polar surface area (TPSA) is 20.2 Å². The molecule has 1 atom stereocenters. The predicted octanol–water partition coefficient (Wildman–Crippen LogP) is 4.65. The number of rotatable bonds is 3. The fourth-order valence-corrected chi connectivity index (χ4v) is 2.68. The largest absolute Gasteiger partial charge is 0.389 e. The molecule has 0 saturated heterocycles. The molecule has 2 aromatic carbocycles. The Morgan fingerprint density at radius 3 is 2.37 bits per heavy atom. The van der Waals surface area contributed by atoms with Gasteiger partial charge in [-0.3, -0.25) is 0 Å². The molecule has 100 valence electrons. The summed E-state index contributed by atoms with van der Waals surface area (Å²) < 4.78 is 13.9. The van der Waals surface area contributed by atoms with Gasteiger partial charge in [-0.05, 0) is 61.7 Å². The molecule has 0 fully saturated rings. The van der Waals surface area contributed by atoms with E-state index in [0.29, 0.717) is 10.5 Å². The maximum Gasteiger partial charge on any atom is 0.137 e. The van der Waals surface area contributed by atoms with E-state index in [1.54, 1.807) is 19.1 Å². The van der Waals surface area contributed by atoms with Gasteiger partial charge in [0.05, 0.1) is 6.10 Å². The molecule has 0 aromatic heterocycles. The molecule has 19 heavy (non-hydrogen) atoms. The Morgan fingerprint density at radius 2 is 1.79 bits per heavy atom. The van der Waals surface area contributed by atoms with Crippen molar-refractivity contribution in [3.05, 3.63) is 58.9 Å². The maximum atomic E-state index is 13.9. The van der Waals surface area contributed by atoms with E-state index in [9.17, 15) is 9.50 Å². The average Bonchev–Trinajstić information content (AvgIpc) is 2.36. The Labute approximate surface area is 117 Å². The molecule has 1 N–H and O–H groups in total. The first-order valence-electron chi connectivity index (χ1n) is 6.20. The molecule has 2 rings (SSSR count). The van der Waals surface area contributed by atoms with Gasteiger partial charge in [0.2, 0.25) is 0 Å². The third-order valence-electron chi connectivity index (χ3n) is 3.14. The van der Waals surface area contributed by atoms with Crippen LogP contribution in [0.2, 0.25) is 0 Å². The van der Waals surface area contributed by atoms with Crippen molar-refractivity contribution in [2.75, 3.05) is 0 Å². The van der Waals surface area contributed by atoms with Crippen molar-refractivity contribution in [1.29, 1.82) is 0 Å². The summed E-state index contributed by atoms with van der Waals surface area (Å²) in [7, 11) is 0. The third kappa shape index (κ3) is 3.37. The van der Waals surface area contributed by atoms with Gasteiger partial charge in [0.25, 0.3) is 0 Å². The molecule has 1 unspecified atom stereocenters. The van der Waals surface area contributed by atoms with Crippen LogP contribution in [-0.4, -0.2) is 5.11 Å². The number of aliphatic hydroxyl groups is 1. The second-order valence-corrected chi connectivity index (χ2v) is 5.83. The van der Waals surface area contributed by atoms with E-state index in [-0.39, 0.29) is 5.82 Å². The van der Waals surface area contributed by atoms with Crippen molar-refractivity contribution in [2.24, 2.45) is 0 Å². The van der Waals surface area contributed by atoms with Crippen LogP contribution in [0, 0.1) is 19.7 Å². The van der Waals surface area contributed by atoms with Gasteiger partial charge in [0, 0.05) is 9.79 Å². The quantitative estimate of drug-likeness (QED) is 0.880. The summed E-state index contributed by atoms with van der Waals surface area (Å²) in [5.74, 6) is -0.290. The number of aliphatic hydroxyl groups excluding tert-OH is 1. The number of hydrogen-bond donors (Lipinski definition) is 1. The van der Waals surface area contributed by atoms with Gasteiger partial charge in [0.15, 0.2) is 0 Å². The first kappa shape index (κ1) is 14.1. The Morgan fingerprint density at radius 1 is 1.05 bits per heavy atom. The Hall–Kier alpha value is -1.32. The molecule has 0 amide bonds. The van der Waals surface area contributed by atoms with E-state index in [0.717, 1.165) is 4.90 Å². The summed E-state index contributed by atoms with van der Waals surface area (Å²) in [6.45, 7) is 5.74. The van der Waals surface area contributed by atoms with Crippen LogP contribution in [0.15, 0.2) is 46.2 Å². The second-order valence-electron chi connectivity index (χ2n) is 4.71. The molecule has 2 aromatic rings. The fourth-order valence-electron chi connectivity index (χ4n) is 1.76. The predicted molar refractivity (Wildman–Crippen MR) is 77.1 cm³/mol. The minimum Gasteiger partial charge on any atom is -0.389 e. The van der Waals surface area contributed by atoms with Crippen LogP contribution in [0.25, 0.3) is 0 Å². The highest BCUT2D eigenvalue weighted by molar-refractivity contribution is 7.99. The van der Waals surface area contributed by atoms with Gasteiger partial charge in [-0.2, -0.15) is 0 Å². The molecule has 0 aliphatic rings. The summed E-state index contributed by atoms with van der Waals surface area (Å²) in [6.07, 6.45) is -0.643. The molecule has 0 saturated carbocycles. The molecule has 0 aliphatic carbocycles. The highest BCUT2D eigenvalue weighted by atomic mass is 32.2. The SMILES string of the molecule is Cc1ccc(Sc2ccc(C(C)O)cc2F)cc1C. The summed E-state index contributed by atoms with van der Waals surface area (Å²) in [4.78, 5) is 1.60. The lowest BCUT2D eigenvalue weighted by Crippen LogP contribution is -1.93. The lowest BCUT2D eigenvalue weighted by Gasteiger charge is -2.09. The zero-order valence-electron chi connectivity index (χ0n) is 11.3. The summed E-state index contributed by atoms with van der Waals surface area (Å²) >= 11 is 1.40. The molecular weight excluding hydrogens is 259 g/mol. The number of benzene rings is 2. The second kappa shape index (κ2) is 5.76. The van der Waals surface area contributed by atoms with Gasteiger partial charge in [-0.25, -0.2) is 4.39 Å². The fraction of sp³-hybridized carbons (Fsp3) is 0.250. The highest BCUT2D eigenvalue weighted by Gasteiger charge is 2.08. The minimum absolute atomic E-state index is 0.290. The molecule has 1 nitrogen and oxygen atoms in total. The first-order valence-corrected chi connectivity index (χ1v) is 7.01. The van der Waals surface area contributed by atoms with Crippen molar-refractivity contribution >= 4 is 11.8 Å². The van der Waals surface area contributed by atoms with E-state index < -0.39 is 6.10 Å². The molecule has 3 heteroatoms. The van der Waals surface area contributed by atoms with E-state index in [4.69, 9.17) is 0 Å². The zero-order chi connectivity index (χ0) is 14.0. The van der Waals surface area contributed by atoms with Crippen LogP contribution < -0.4 is 0 Å². The van der Waals surface area contributed by atoms with Crippen molar-refractivity contribution in [3.63, 3.8) is 0 Å². The average molecular weight is 276 g/mol. The standard InChI is InChI=1S/C16H17FOS/c1-10-4-6-14(8-11(10)2)19-16-7-5-13(12(3)18)9-15(16)17/h4-9,12,18H,1-3H3. The van der Waals surface area contributed by atoms with Gasteiger partial charge < -0.3 is 5.11 Å².